The molecule has 0 spiro atoms. The molecule has 3 nitrogen and oxygen atoms in total. The number of para-hydroxylation sites is 1. The highest BCUT2D eigenvalue weighted by atomic mass is 32.1. The third-order valence-corrected chi connectivity index (χ3v) is 12.7. The van der Waals surface area contributed by atoms with E-state index in [2.05, 4.69) is 172 Å². The molecule has 264 valence electrons. The number of nitrogens with zero attached hydrogens (tertiary/aromatic N) is 3. The summed E-state index contributed by atoms with van der Waals surface area (Å²) in [6.07, 6.45) is 0. The molecule has 3 heterocycles. The summed E-state index contributed by atoms with van der Waals surface area (Å²) in [7, 11) is 0. The lowest BCUT2D eigenvalue weighted by atomic mass is 9.81. The van der Waals surface area contributed by atoms with Crippen molar-refractivity contribution in [2.45, 2.75) is 19.3 Å². The Balaban J connectivity index is 0.978. The van der Waals surface area contributed by atoms with Gasteiger partial charge in [0, 0.05) is 53.2 Å². The zero-order valence-corrected chi connectivity index (χ0v) is 31.8. The second kappa shape index (κ2) is 12.7. The first kappa shape index (κ1) is 32.7. The van der Waals surface area contributed by atoms with Crippen LogP contribution in [0.15, 0.2) is 176 Å². The average molecular weight is 734 g/mol. The lowest BCUT2D eigenvalue weighted by Crippen LogP contribution is -2.14. The second-order valence-corrected chi connectivity index (χ2v) is 16.2. The highest BCUT2D eigenvalue weighted by Crippen LogP contribution is 2.49. The van der Waals surface area contributed by atoms with E-state index in [1.54, 1.807) is 0 Å². The predicted octanol–water partition coefficient (Wildman–Crippen LogP) is 14.0. The lowest BCUT2D eigenvalue weighted by molar-refractivity contribution is 0.660. The minimum absolute atomic E-state index is 0.0399. The number of thiophene rings is 1. The summed E-state index contributed by atoms with van der Waals surface area (Å²) >= 11 is 1.84. The van der Waals surface area contributed by atoms with Crippen LogP contribution in [0.25, 0.3) is 98.5 Å². The first-order chi connectivity index (χ1) is 27.5. The molecule has 0 N–H and O–H groups in total. The fraction of sp³-hybridized carbons (Fsp3) is 0.0577. The van der Waals surface area contributed by atoms with Gasteiger partial charge in [-0.2, -0.15) is 0 Å². The number of aromatic nitrogens is 3. The highest BCUT2D eigenvalue weighted by molar-refractivity contribution is 7.26. The van der Waals surface area contributed by atoms with E-state index in [0.717, 1.165) is 44.9 Å². The minimum Gasteiger partial charge on any atom is -0.247 e. The summed E-state index contributed by atoms with van der Waals surface area (Å²) in [5.41, 5.74) is 15.7. The molecule has 0 bridgehead atoms. The zero-order chi connectivity index (χ0) is 37.4. The van der Waals surface area contributed by atoms with E-state index in [0.29, 0.717) is 5.82 Å². The van der Waals surface area contributed by atoms with Crippen LogP contribution in [0.3, 0.4) is 0 Å². The molecule has 0 aliphatic heterocycles. The molecule has 0 atom stereocenters. The van der Waals surface area contributed by atoms with Gasteiger partial charge in [0.2, 0.25) is 0 Å². The van der Waals surface area contributed by atoms with Crippen LogP contribution in [0, 0.1) is 0 Å². The maximum atomic E-state index is 5.25. The Kier molecular flexibility index (Phi) is 7.38. The summed E-state index contributed by atoms with van der Waals surface area (Å²) in [5, 5.41) is 3.65. The van der Waals surface area contributed by atoms with E-state index in [1.807, 2.05) is 29.5 Å². The Morgan fingerprint density at radius 2 is 1.02 bits per heavy atom. The van der Waals surface area contributed by atoms with Crippen LogP contribution in [-0.2, 0) is 5.41 Å². The van der Waals surface area contributed by atoms with Crippen LogP contribution >= 0.6 is 11.3 Å². The van der Waals surface area contributed by atoms with Crippen molar-refractivity contribution in [2.24, 2.45) is 0 Å². The molecule has 3 aromatic heterocycles. The van der Waals surface area contributed by atoms with E-state index in [9.17, 15) is 0 Å². The molecule has 0 saturated carbocycles. The average Bonchev–Trinajstić information content (AvgIpc) is 3.76. The number of benzene rings is 7. The summed E-state index contributed by atoms with van der Waals surface area (Å²) < 4.78 is 2.55. The Bertz CT molecular complexity index is 3140. The van der Waals surface area contributed by atoms with Crippen LogP contribution in [0.2, 0.25) is 0 Å². The van der Waals surface area contributed by atoms with E-state index < -0.39 is 0 Å². The van der Waals surface area contributed by atoms with Gasteiger partial charge >= 0.3 is 0 Å². The first-order valence-corrected chi connectivity index (χ1v) is 19.9. The molecule has 0 radical (unpaired) electrons. The van der Waals surface area contributed by atoms with Gasteiger partial charge in [0.1, 0.15) is 0 Å². The van der Waals surface area contributed by atoms with E-state index in [4.69, 9.17) is 15.0 Å². The number of pyridine rings is 1. The molecular formula is C52H35N3S. The largest absolute Gasteiger partial charge is 0.247 e. The van der Waals surface area contributed by atoms with E-state index in [-0.39, 0.29) is 5.41 Å². The smallest absolute Gasteiger partial charge is 0.160 e. The molecule has 1 aliphatic rings. The minimum atomic E-state index is -0.0399. The van der Waals surface area contributed by atoms with Gasteiger partial charge in [-0.15, -0.1) is 11.3 Å². The molecule has 11 rings (SSSR count). The van der Waals surface area contributed by atoms with Crippen molar-refractivity contribution < 1.29 is 0 Å². The molecule has 4 heteroatoms. The number of fused-ring (bicyclic) bond motifs is 8. The monoisotopic (exact) mass is 733 g/mol. The van der Waals surface area contributed by atoms with Gasteiger partial charge in [0.15, 0.2) is 5.82 Å². The normalized spacial score (nSPS) is 13.0. The van der Waals surface area contributed by atoms with Crippen LogP contribution in [-0.4, -0.2) is 15.0 Å². The van der Waals surface area contributed by atoms with Crippen molar-refractivity contribution in [1.82, 2.24) is 15.0 Å². The van der Waals surface area contributed by atoms with Crippen molar-refractivity contribution in [3.63, 3.8) is 0 Å². The van der Waals surface area contributed by atoms with Crippen molar-refractivity contribution in [3.8, 4) is 67.4 Å². The van der Waals surface area contributed by atoms with Gasteiger partial charge in [-0.3, -0.25) is 0 Å². The zero-order valence-electron chi connectivity index (χ0n) is 31.0. The molecule has 0 fully saturated rings. The molecule has 56 heavy (non-hydrogen) atoms. The van der Waals surface area contributed by atoms with E-state index in [1.165, 1.54) is 58.9 Å². The fourth-order valence-corrected chi connectivity index (χ4v) is 9.83. The maximum Gasteiger partial charge on any atom is 0.160 e. The molecular weight excluding hydrogens is 699 g/mol. The summed E-state index contributed by atoms with van der Waals surface area (Å²) in [6, 6.07) is 62.8. The molecule has 0 unspecified atom stereocenters. The van der Waals surface area contributed by atoms with Crippen molar-refractivity contribution in [1.29, 1.82) is 0 Å². The van der Waals surface area contributed by atoms with Crippen LogP contribution in [0.1, 0.15) is 25.0 Å². The van der Waals surface area contributed by atoms with Gasteiger partial charge in [-0.25, -0.2) is 15.0 Å². The molecule has 0 amide bonds. The predicted molar refractivity (Wildman–Crippen MR) is 235 cm³/mol. The molecule has 10 aromatic rings. The van der Waals surface area contributed by atoms with Crippen LogP contribution in [0.4, 0.5) is 0 Å². The lowest BCUT2D eigenvalue weighted by Gasteiger charge is -2.22. The SMILES string of the molecule is CC1(C)c2ccccc2-c2ccc(-c3ccc(-c4cc(-c5ccc(-c6nc7ccccc7c7sc8ccccc8c67)cc5)nc(-c5ccccc5)n4)cc3)cc21. The van der Waals surface area contributed by atoms with Gasteiger partial charge in [-0.05, 0) is 57.6 Å². The van der Waals surface area contributed by atoms with Crippen LogP contribution in [0.5, 0.6) is 0 Å². The highest BCUT2D eigenvalue weighted by Gasteiger charge is 2.35. The number of hydrogen-bond acceptors (Lipinski definition) is 4. The second-order valence-electron chi connectivity index (χ2n) is 15.2. The van der Waals surface area contributed by atoms with Crippen molar-refractivity contribution >= 4 is 42.4 Å². The fourth-order valence-electron chi connectivity index (χ4n) is 8.59. The summed E-state index contributed by atoms with van der Waals surface area (Å²) in [4.78, 5) is 15.5. The number of hydrogen-bond donors (Lipinski definition) is 0. The Hall–Kier alpha value is -6.75. The molecule has 7 aromatic carbocycles. The van der Waals surface area contributed by atoms with Gasteiger partial charge in [0.25, 0.3) is 0 Å². The van der Waals surface area contributed by atoms with Gasteiger partial charge < -0.3 is 0 Å². The molecule has 1 aliphatic carbocycles. The topological polar surface area (TPSA) is 38.7 Å². The van der Waals surface area contributed by atoms with Crippen molar-refractivity contribution in [3.05, 3.63) is 187 Å². The van der Waals surface area contributed by atoms with Gasteiger partial charge in [-0.1, -0.05) is 166 Å². The number of rotatable bonds is 5. The first-order valence-electron chi connectivity index (χ1n) is 19.1. The van der Waals surface area contributed by atoms with E-state index >= 15 is 0 Å². The molecule has 0 saturated heterocycles. The summed E-state index contributed by atoms with van der Waals surface area (Å²) in [5.74, 6) is 0.703. The summed E-state index contributed by atoms with van der Waals surface area (Å²) in [6.45, 7) is 4.67. The van der Waals surface area contributed by atoms with Crippen molar-refractivity contribution in [2.75, 3.05) is 0 Å². The Morgan fingerprint density at radius 3 is 1.79 bits per heavy atom. The Morgan fingerprint density at radius 1 is 0.429 bits per heavy atom. The van der Waals surface area contributed by atoms with Gasteiger partial charge in [0.05, 0.1) is 22.6 Å². The third kappa shape index (κ3) is 5.21. The maximum absolute atomic E-state index is 5.25. The Labute approximate surface area is 329 Å². The quantitative estimate of drug-likeness (QED) is 0.177. The van der Waals surface area contributed by atoms with Crippen LogP contribution < -0.4 is 0 Å². The third-order valence-electron chi connectivity index (χ3n) is 11.5. The standard InChI is InChI=1S/C52H35N3S/c1-52(2)42-17-9-6-14-38(42)39-29-28-37(30-43(39)52)32-20-22-33(23-21-32)45-31-46(55-51(54-45)36-12-4-3-5-13-36)34-24-26-35(27-25-34)49-48-41-16-8-11-19-47(41)56-50(48)40-15-7-10-18-44(40)53-49/h3-31H,1-2H3.